The molecule has 0 fully saturated rings. The van der Waals surface area contributed by atoms with Gasteiger partial charge in [-0.05, 0) is 51.4 Å². The Bertz CT molecular complexity index is 951. The van der Waals surface area contributed by atoms with Crippen molar-refractivity contribution in [3.8, 4) is 0 Å². The third-order valence-corrected chi connectivity index (χ3v) is 10.3. The van der Waals surface area contributed by atoms with Crippen LogP contribution in [0.5, 0.6) is 0 Å². The minimum atomic E-state index is -4.37. The van der Waals surface area contributed by atoms with Gasteiger partial charge in [0.1, 0.15) is 19.8 Å². The van der Waals surface area contributed by atoms with Crippen LogP contribution in [-0.4, -0.2) is 74.9 Å². The molecule has 2 atom stereocenters. The van der Waals surface area contributed by atoms with Crippen molar-refractivity contribution in [2.45, 2.75) is 193 Å². The molecule has 0 aromatic rings. The molecule has 1 N–H and O–H groups in total. The highest BCUT2D eigenvalue weighted by atomic mass is 31.2. The van der Waals surface area contributed by atoms with Gasteiger partial charge < -0.3 is 18.9 Å². The number of esters is 2. The third-order valence-electron chi connectivity index (χ3n) is 9.35. The topological polar surface area (TPSA) is 108 Å². The highest BCUT2D eigenvalue weighted by Gasteiger charge is 2.27. The number of unbranched alkanes of at least 4 members (excludes halogenated alkanes) is 23. The molecule has 9 nitrogen and oxygen atoms in total. The molecule has 0 aliphatic carbocycles. The van der Waals surface area contributed by atoms with Gasteiger partial charge in [-0.1, -0.05) is 141 Å². The first-order valence-electron chi connectivity index (χ1n) is 21.5. The number of carbonyl (C=O) groups excluding carboxylic acids is 2. The summed E-state index contributed by atoms with van der Waals surface area (Å²) in [6, 6.07) is 0. The first-order valence-corrected chi connectivity index (χ1v) is 23.0. The lowest BCUT2D eigenvalue weighted by molar-refractivity contribution is -0.870. The van der Waals surface area contributed by atoms with Gasteiger partial charge in [0.05, 0.1) is 27.7 Å². The summed E-state index contributed by atoms with van der Waals surface area (Å²) in [5.74, 6) is -0.807. The third kappa shape index (κ3) is 40.0. The first-order chi connectivity index (χ1) is 25.5. The monoisotopic (exact) mass is 773 g/mol. The standard InChI is InChI=1S/C43H82NO8P/c1-6-8-10-12-14-16-18-20-22-24-25-27-29-31-33-35-42(45)49-39-41(40-51-53(47,48)50-38-37-44(3,4)5)52-43(46)36-34-32-30-28-26-23-21-19-17-15-13-11-9-7-2/h6,19,21,41H,1,7-18,20,22-40H2,2-5H3/p+1/b21-19+/t41-/m1/s1. The molecular formula is C43H83NO8P+. The number of ether oxygens (including phenoxy) is 2. The minimum absolute atomic E-state index is 0.0308. The second-order valence-electron chi connectivity index (χ2n) is 15.8. The van der Waals surface area contributed by atoms with Crippen LogP contribution in [0.25, 0.3) is 0 Å². The van der Waals surface area contributed by atoms with Crippen LogP contribution in [0.4, 0.5) is 0 Å². The van der Waals surface area contributed by atoms with E-state index in [1.165, 1.54) is 103 Å². The van der Waals surface area contributed by atoms with Crippen LogP contribution >= 0.6 is 7.82 Å². The maximum atomic E-state index is 12.7. The van der Waals surface area contributed by atoms with E-state index in [0.717, 1.165) is 57.8 Å². The van der Waals surface area contributed by atoms with E-state index >= 15 is 0 Å². The normalized spacial score (nSPS) is 13.6. The molecule has 0 heterocycles. The summed E-state index contributed by atoms with van der Waals surface area (Å²) in [7, 11) is 1.47. The number of carbonyl (C=O) groups is 2. The summed E-state index contributed by atoms with van der Waals surface area (Å²) >= 11 is 0. The Morgan fingerprint density at radius 3 is 1.53 bits per heavy atom. The Kier molecular flexibility index (Phi) is 35.1. The van der Waals surface area contributed by atoms with Gasteiger partial charge in [0, 0.05) is 12.8 Å². The molecule has 0 saturated carbocycles. The molecule has 1 unspecified atom stereocenters. The summed E-state index contributed by atoms with van der Waals surface area (Å²) in [4.78, 5) is 35.3. The molecule has 0 amide bonds. The average molecular weight is 773 g/mol. The van der Waals surface area contributed by atoms with Gasteiger partial charge in [-0.25, -0.2) is 4.57 Å². The zero-order valence-electron chi connectivity index (χ0n) is 34.8. The number of hydrogen-bond donors (Lipinski definition) is 1. The van der Waals surface area contributed by atoms with Crippen LogP contribution in [0.15, 0.2) is 24.8 Å². The van der Waals surface area contributed by atoms with Crippen molar-refractivity contribution in [2.75, 3.05) is 47.5 Å². The van der Waals surface area contributed by atoms with Crippen LogP contribution in [-0.2, 0) is 32.7 Å². The van der Waals surface area contributed by atoms with Crippen molar-refractivity contribution in [3.63, 3.8) is 0 Å². The maximum Gasteiger partial charge on any atom is 0.472 e. The summed E-state index contributed by atoms with van der Waals surface area (Å²) in [6.07, 6.45) is 36.8. The van der Waals surface area contributed by atoms with Crippen molar-refractivity contribution in [2.24, 2.45) is 0 Å². The molecule has 0 saturated heterocycles. The lowest BCUT2D eigenvalue weighted by Gasteiger charge is -2.24. The van der Waals surface area contributed by atoms with Crippen molar-refractivity contribution < 1.29 is 42.1 Å². The van der Waals surface area contributed by atoms with Crippen molar-refractivity contribution >= 4 is 19.8 Å². The molecule has 312 valence electrons. The van der Waals surface area contributed by atoms with Crippen LogP contribution in [0, 0.1) is 0 Å². The smallest absolute Gasteiger partial charge is 0.462 e. The van der Waals surface area contributed by atoms with Crippen LogP contribution in [0.3, 0.4) is 0 Å². The van der Waals surface area contributed by atoms with E-state index in [0.29, 0.717) is 17.4 Å². The predicted octanol–water partition coefficient (Wildman–Crippen LogP) is 12.0. The SMILES string of the molecule is C=CCCCCCCCCCCCCCCCC(=O)OC[C@H](COP(=O)(O)OCC[N+](C)(C)C)OC(=O)CCCCCCC/C=C/CCCCCCC. The number of quaternary nitrogens is 1. The molecular weight excluding hydrogens is 689 g/mol. The zero-order valence-corrected chi connectivity index (χ0v) is 35.7. The van der Waals surface area contributed by atoms with E-state index in [-0.39, 0.29) is 32.0 Å². The molecule has 0 radical (unpaired) electrons. The van der Waals surface area contributed by atoms with Gasteiger partial charge in [0.25, 0.3) is 0 Å². The average Bonchev–Trinajstić information content (AvgIpc) is 3.10. The van der Waals surface area contributed by atoms with Crippen LogP contribution in [0.1, 0.15) is 187 Å². The number of phosphoric acid groups is 1. The number of allylic oxidation sites excluding steroid dienone is 3. The second-order valence-corrected chi connectivity index (χ2v) is 17.3. The quantitative estimate of drug-likeness (QED) is 0.0216. The predicted molar refractivity (Wildman–Crippen MR) is 220 cm³/mol. The highest BCUT2D eigenvalue weighted by molar-refractivity contribution is 7.47. The van der Waals surface area contributed by atoms with E-state index in [2.05, 4.69) is 25.7 Å². The number of nitrogens with zero attached hydrogens (tertiary/aromatic N) is 1. The van der Waals surface area contributed by atoms with Crippen molar-refractivity contribution in [3.05, 3.63) is 24.8 Å². The van der Waals surface area contributed by atoms with Gasteiger partial charge in [0.15, 0.2) is 6.10 Å². The van der Waals surface area contributed by atoms with Crippen LogP contribution in [0.2, 0.25) is 0 Å². The molecule has 0 aromatic carbocycles. The Morgan fingerprint density at radius 1 is 0.623 bits per heavy atom. The van der Waals surface area contributed by atoms with E-state index in [9.17, 15) is 19.0 Å². The summed E-state index contributed by atoms with van der Waals surface area (Å²) in [5, 5.41) is 0. The van der Waals surface area contributed by atoms with E-state index in [1.807, 2.05) is 27.2 Å². The molecule has 10 heteroatoms. The van der Waals surface area contributed by atoms with Crippen molar-refractivity contribution in [1.82, 2.24) is 0 Å². The Hall–Kier alpha value is -1.51. The number of phosphoric ester groups is 1. The zero-order chi connectivity index (χ0) is 39.3. The van der Waals surface area contributed by atoms with Crippen LogP contribution < -0.4 is 0 Å². The summed E-state index contributed by atoms with van der Waals surface area (Å²) in [5.41, 5.74) is 0. The van der Waals surface area contributed by atoms with Gasteiger partial charge in [0.2, 0.25) is 0 Å². The molecule has 0 spiro atoms. The molecule has 0 aliphatic heterocycles. The highest BCUT2D eigenvalue weighted by Crippen LogP contribution is 2.43. The largest absolute Gasteiger partial charge is 0.472 e. The number of hydrogen-bond acceptors (Lipinski definition) is 7. The Balaban J connectivity index is 4.35. The fourth-order valence-electron chi connectivity index (χ4n) is 5.93. The van der Waals surface area contributed by atoms with Gasteiger partial charge in [-0.3, -0.25) is 18.6 Å². The van der Waals surface area contributed by atoms with E-state index in [4.69, 9.17) is 18.5 Å². The fraction of sp³-hybridized carbons (Fsp3) is 0.860. The second kappa shape index (κ2) is 36.1. The van der Waals surface area contributed by atoms with Gasteiger partial charge >= 0.3 is 19.8 Å². The Labute approximate surface area is 326 Å². The lowest BCUT2D eigenvalue weighted by Crippen LogP contribution is -2.37. The lowest BCUT2D eigenvalue weighted by atomic mass is 10.0. The maximum absolute atomic E-state index is 12.7. The molecule has 53 heavy (non-hydrogen) atoms. The van der Waals surface area contributed by atoms with Crippen molar-refractivity contribution in [1.29, 1.82) is 0 Å². The number of likely N-dealkylation sites (N-methyl/N-ethyl adjacent to an activating group) is 1. The van der Waals surface area contributed by atoms with E-state index in [1.54, 1.807) is 0 Å². The first kappa shape index (κ1) is 51.5. The number of rotatable bonds is 40. The van der Waals surface area contributed by atoms with Gasteiger partial charge in [-0.2, -0.15) is 0 Å². The van der Waals surface area contributed by atoms with E-state index < -0.39 is 26.5 Å². The fourth-order valence-corrected chi connectivity index (χ4v) is 6.67. The Morgan fingerprint density at radius 2 is 1.06 bits per heavy atom. The summed E-state index contributed by atoms with van der Waals surface area (Å²) in [6.45, 7) is 5.93. The molecule has 0 bridgehead atoms. The molecule has 0 aromatic heterocycles. The molecule has 0 rings (SSSR count). The minimum Gasteiger partial charge on any atom is -0.462 e. The molecule has 0 aliphatic rings. The van der Waals surface area contributed by atoms with Gasteiger partial charge in [-0.15, -0.1) is 6.58 Å². The summed E-state index contributed by atoms with van der Waals surface area (Å²) < 4.78 is 34.3.